The lowest BCUT2D eigenvalue weighted by atomic mass is 10.1. The van der Waals surface area contributed by atoms with Crippen LogP contribution in [-0.2, 0) is 6.54 Å². The van der Waals surface area contributed by atoms with Crippen LogP contribution >= 0.6 is 0 Å². The van der Waals surface area contributed by atoms with Gasteiger partial charge in [-0.2, -0.15) is 0 Å². The molecule has 0 spiro atoms. The molecular weight excluding hydrogens is 326 g/mol. The topological polar surface area (TPSA) is 51.0 Å². The van der Waals surface area contributed by atoms with E-state index in [1.165, 1.54) is 11.0 Å². The summed E-state index contributed by atoms with van der Waals surface area (Å²) in [5.74, 6) is -2.07. The summed E-state index contributed by atoms with van der Waals surface area (Å²) in [6, 6.07) is 8.45. The average molecular weight is 344 g/mol. The summed E-state index contributed by atoms with van der Waals surface area (Å²) in [6.45, 7) is 4.41. The number of carbonyl (C=O) groups excluding carboxylic acids is 1. The van der Waals surface area contributed by atoms with E-state index < -0.39 is 17.7 Å². The summed E-state index contributed by atoms with van der Waals surface area (Å²) in [5.41, 5.74) is 2.48. The second kappa shape index (κ2) is 6.58. The van der Waals surface area contributed by atoms with Gasteiger partial charge in [0.15, 0.2) is 11.6 Å². The highest BCUT2D eigenvalue weighted by Crippen LogP contribution is 2.23. The third-order valence-corrected chi connectivity index (χ3v) is 4.39. The monoisotopic (exact) mass is 344 g/mol. The molecule has 1 aromatic heterocycles. The van der Waals surface area contributed by atoms with Crippen LogP contribution in [0.25, 0.3) is 11.0 Å². The summed E-state index contributed by atoms with van der Waals surface area (Å²) < 4.78 is 28.3. The van der Waals surface area contributed by atoms with Gasteiger partial charge in [-0.25, -0.2) is 13.5 Å². The zero-order chi connectivity index (χ0) is 18.1. The van der Waals surface area contributed by atoms with E-state index in [1.807, 2.05) is 13.0 Å². The van der Waals surface area contributed by atoms with Crippen molar-refractivity contribution in [2.75, 3.05) is 7.05 Å². The maximum absolute atomic E-state index is 13.4. The molecule has 3 aromatic rings. The third-order valence-electron chi connectivity index (χ3n) is 4.39. The molecule has 0 fully saturated rings. The van der Waals surface area contributed by atoms with Crippen LogP contribution in [0.5, 0.6) is 0 Å². The van der Waals surface area contributed by atoms with Gasteiger partial charge in [0.1, 0.15) is 5.52 Å². The van der Waals surface area contributed by atoms with Gasteiger partial charge in [-0.3, -0.25) is 4.79 Å². The van der Waals surface area contributed by atoms with Crippen molar-refractivity contribution in [1.29, 1.82) is 0 Å². The molecule has 0 bridgehead atoms. The van der Waals surface area contributed by atoms with Crippen LogP contribution in [0.2, 0.25) is 0 Å². The molecule has 0 saturated heterocycles. The Hall–Kier alpha value is -2.83. The maximum Gasteiger partial charge on any atom is 0.254 e. The molecule has 7 heteroatoms. The van der Waals surface area contributed by atoms with Crippen LogP contribution in [0, 0.1) is 11.6 Å². The van der Waals surface area contributed by atoms with Crippen molar-refractivity contribution in [3.8, 4) is 0 Å². The quantitative estimate of drug-likeness (QED) is 0.727. The molecule has 0 radical (unpaired) electrons. The predicted octanol–water partition coefficient (Wildman–Crippen LogP) is 3.56. The molecule has 0 aliphatic heterocycles. The van der Waals surface area contributed by atoms with Gasteiger partial charge >= 0.3 is 0 Å². The van der Waals surface area contributed by atoms with Crippen LogP contribution < -0.4 is 0 Å². The van der Waals surface area contributed by atoms with Gasteiger partial charge in [-0.15, -0.1) is 5.10 Å². The second-order valence-corrected chi connectivity index (χ2v) is 5.87. The molecule has 2 aromatic carbocycles. The Morgan fingerprint density at radius 3 is 2.64 bits per heavy atom. The molecule has 1 heterocycles. The highest BCUT2D eigenvalue weighted by atomic mass is 19.2. The minimum absolute atomic E-state index is 0.231. The SMILES string of the molecule is CCn1nnc2cc(C(=O)N(C)C(C)c3ccc(F)c(F)c3)ccc21. The average Bonchev–Trinajstić information content (AvgIpc) is 3.04. The van der Waals surface area contributed by atoms with Crippen LogP contribution in [0.3, 0.4) is 0 Å². The number of rotatable bonds is 4. The third kappa shape index (κ3) is 3.09. The fourth-order valence-corrected chi connectivity index (χ4v) is 2.71. The molecule has 3 rings (SSSR count). The van der Waals surface area contributed by atoms with Gasteiger partial charge in [0.05, 0.1) is 11.6 Å². The van der Waals surface area contributed by atoms with Crippen molar-refractivity contribution in [3.63, 3.8) is 0 Å². The number of amides is 1. The molecule has 1 amide bonds. The molecule has 0 saturated carbocycles. The molecular formula is C18H18F2N4O. The highest BCUT2D eigenvalue weighted by Gasteiger charge is 2.21. The number of aryl methyl sites for hydroxylation is 1. The Labute approximate surface area is 143 Å². The number of aromatic nitrogens is 3. The standard InChI is InChI=1S/C18H18F2N4O/c1-4-24-17-8-6-13(10-16(17)21-22-24)18(25)23(3)11(2)12-5-7-14(19)15(20)9-12/h5-11H,4H2,1-3H3. The van der Waals surface area contributed by atoms with E-state index in [0.717, 1.165) is 17.6 Å². The van der Waals surface area contributed by atoms with E-state index in [1.54, 1.807) is 30.8 Å². The van der Waals surface area contributed by atoms with E-state index in [-0.39, 0.29) is 5.91 Å². The van der Waals surface area contributed by atoms with Gasteiger partial charge in [0.2, 0.25) is 0 Å². The van der Waals surface area contributed by atoms with Gasteiger partial charge < -0.3 is 4.90 Å². The summed E-state index contributed by atoms with van der Waals surface area (Å²) in [7, 11) is 1.63. The van der Waals surface area contributed by atoms with Gasteiger partial charge in [0.25, 0.3) is 5.91 Å². The normalized spacial score (nSPS) is 12.4. The smallest absolute Gasteiger partial charge is 0.254 e. The summed E-state index contributed by atoms with van der Waals surface area (Å²) in [4.78, 5) is 14.2. The van der Waals surface area contributed by atoms with Gasteiger partial charge in [0, 0.05) is 19.2 Å². The Balaban J connectivity index is 1.87. The molecule has 0 N–H and O–H groups in total. The van der Waals surface area contributed by atoms with Crippen molar-refractivity contribution in [2.45, 2.75) is 26.4 Å². The maximum atomic E-state index is 13.4. The van der Waals surface area contributed by atoms with Crippen molar-refractivity contribution >= 4 is 16.9 Å². The largest absolute Gasteiger partial charge is 0.335 e. The van der Waals surface area contributed by atoms with Gasteiger partial charge in [-0.1, -0.05) is 11.3 Å². The Morgan fingerprint density at radius 2 is 1.96 bits per heavy atom. The van der Waals surface area contributed by atoms with Crippen molar-refractivity contribution in [2.24, 2.45) is 0 Å². The van der Waals surface area contributed by atoms with E-state index in [4.69, 9.17) is 0 Å². The number of nitrogens with zero attached hydrogens (tertiary/aromatic N) is 4. The fourth-order valence-electron chi connectivity index (χ4n) is 2.71. The first-order valence-electron chi connectivity index (χ1n) is 7.97. The van der Waals surface area contributed by atoms with Crippen molar-refractivity contribution < 1.29 is 13.6 Å². The number of hydrogen-bond donors (Lipinski definition) is 0. The lowest BCUT2D eigenvalue weighted by molar-refractivity contribution is 0.0742. The number of fused-ring (bicyclic) bond motifs is 1. The van der Waals surface area contributed by atoms with Crippen molar-refractivity contribution in [3.05, 3.63) is 59.2 Å². The molecule has 1 unspecified atom stereocenters. The Bertz CT molecular complexity index is 938. The summed E-state index contributed by atoms with van der Waals surface area (Å²) in [6.07, 6.45) is 0. The van der Waals surface area contributed by atoms with E-state index in [9.17, 15) is 13.6 Å². The summed E-state index contributed by atoms with van der Waals surface area (Å²) in [5, 5.41) is 8.09. The minimum atomic E-state index is -0.928. The zero-order valence-electron chi connectivity index (χ0n) is 14.2. The molecule has 1 atom stereocenters. The minimum Gasteiger partial charge on any atom is -0.335 e. The Kier molecular flexibility index (Phi) is 4.48. The van der Waals surface area contributed by atoms with Gasteiger partial charge in [-0.05, 0) is 49.7 Å². The molecule has 0 aliphatic carbocycles. The lowest BCUT2D eigenvalue weighted by Gasteiger charge is -2.25. The lowest BCUT2D eigenvalue weighted by Crippen LogP contribution is -2.29. The highest BCUT2D eigenvalue weighted by molar-refractivity contribution is 5.97. The van der Waals surface area contributed by atoms with Crippen LogP contribution in [0.15, 0.2) is 36.4 Å². The number of hydrogen-bond acceptors (Lipinski definition) is 3. The van der Waals surface area contributed by atoms with E-state index in [0.29, 0.717) is 23.2 Å². The number of benzene rings is 2. The predicted molar refractivity (Wildman–Crippen MR) is 90.1 cm³/mol. The fraction of sp³-hybridized carbons (Fsp3) is 0.278. The van der Waals surface area contributed by atoms with E-state index >= 15 is 0 Å². The van der Waals surface area contributed by atoms with Crippen LogP contribution in [0.4, 0.5) is 8.78 Å². The number of carbonyl (C=O) groups is 1. The van der Waals surface area contributed by atoms with E-state index in [2.05, 4.69) is 10.3 Å². The first-order valence-corrected chi connectivity index (χ1v) is 7.97. The zero-order valence-corrected chi connectivity index (χ0v) is 14.2. The Morgan fingerprint density at radius 1 is 1.20 bits per heavy atom. The van der Waals surface area contributed by atoms with Crippen molar-refractivity contribution in [1.82, 2.24) is 19.9 Å². The number of halogens is 2. The summed E-state index contributed by atoms with van der Waals surface area (Å²) >= 11 is 0. The molecule has 5 nitrogen and oxygen atoms in total. The molecule has 25 heavy (non-hydrogen) atoms. The van der Waals surface area contributed by atoms with Crippen LogP contribution in [-0.4, -0.2) is 32.8 Å². The second-order valence-electron chi connectivity index (χ2n) is 5.87. The first-order chi connectivity index (χ1) is 11.9. The molecule has 0 aliphatic rings. The molecule has 130 valence electrons. The first kappa shape index (κ1) is 17.0. The van der Waals surface area contributed by atoms with Crippen LogP contribution in [0.1, 0.15) is 35.8 Å².